The highest BCUT2D eigenvalue weighted by Gasteiger charge is 2.35. The van der Waals surface area contributed by atoms with Gasteiger partial charge in [0.2, 0.25) is 0 Å². The number of nitrogens with zero attached hydrogens (tertiary/aromatic N) is 4. The second kappa shape index (κ2) is 6.90. The van der Waals surface area contributed by atoms with Crippen LogP contribution in [0.25, 0.3) is 21.5 Å². The lowest BCUT2D eigenvalue weighted by Crippen LogP contribution is -2.50. The lowest BCUT2D eigenvalue weighted by molar-refractivity contribution is 0.0708. The fourth-order valence-corrected chi connectivity index (χ4v) is 4.74. The smallest absolute Gasteiger partial charge is 0.152 e. The molecule has 0 radical (unpaired) electrons. The minimum atomic E-state index is 0.298. The maximum absolute atomic E-state index is 5.78. The highest BCUT2D eigenvalue weighted by Crippen LogP contribution is 2.36. The molecule has 2 atom stereocenters. The number of hydrogen-bond acceptors (Lipinski definition) is 7. The summed E-state index contributed by atoms with van der Waals surface area (Å²) in [7, 11) is 0. The van der Waals surface area contributed by atoms with E-state index in [1.807, 2.05) is 18.2 Å². The van der Waals surface area contributed by atoms with Gasteiger partial charge in [-0.1, -0.05) is 30.3 Å². The molecule has 2 aromatic heterocycles. The summed E-state index contributed by atoms with van der Waals surface area (Å²) in [6, 6.07) is 10.5. The van der Waals surface area contributed by atoms with Crippen molar-refractivity contribution in [3.8, 4) is 11.3 Å². The standard InChI is InChI=1S/C19H20N4O2S/c1-2-4-13(5-3-1)16-17-18(26-22-16)19(21-12-20-17)23-7-9-25-11-15(23)14-6-8-24-10-14/h1-5,12,14-15H,6-11H2. The van der Waals surface area contributed by atoms with Crippen molar-refractivity contribution < 1.29 is 9.47 Å². The number of rotatable bonds is 3. The molecule has 2 aliphatic heterocycles. The third kappa shape index (κ3) is 2.76. The number of aromatic nitrogens is 3. The molecule has 5 rings (SSSR count). The van der Waals surface area contributed by atoms with Gasteiger partial charge in [-0.2, -0.15) is 4.37 Å². The minimum absolute atomic E-state index is 0.298. The Morgan fingerprint density at radius 1 is 1.04 bits per heavy atom. The van der Waals surface area contributed by atoms with Gasteiger partial charge in [-0.3, -0.25) is 0 Å². The van der Waals surface area contributed by atoms with E-state index in [1.54, 1.807) is 6.33 Å². The van der Waals surface area contributed by atoms with Crippen molar-refractivity contribution in [3.05, 3.63) is 36.7 Å². The van der Waals surface area contributed by atoms with Crippen LogP contribution in [0.4, 0.5) is 5.82 Å². The van der Waals surface area contributed by atoms with Crippen molar-refractivity contribution in [1.82, 2.24) is 14.3 Å². The second-order valence-electron chi connectivity index (χ2n) is 6.73. The Hall–Kier alpha value is -2.09. The molecule has 4 heterocycles. The molecule has 0 spiro atoms. The molecule has 2 unspecified atom stereocenters. The van der Waals surface area contributed by atoms with Gasteiger partial charge in [0.15, 0.2) is 5.82 Å². The third-order valence-corrected chi connectivity index (χ3v) is 6.06. The van der Waals surface area contributed by atoms with E-state index in [0.29, 0.717) is 12.0 Å². The molecule has 2 saturated heterocycles. The van der Waals surface area contributed by atoms with Crippen molar-refractivity contribution >= 4 is 27.6 Å². The van der Waals surface area contributed by atoms with Crippen LogP contribution in [0.3, 0.4) is 0 Å². The van der Waals surface area contributed by atoms with Crippen LogP contribution < -0.4 is 4.90 Å². The van der Waals surface area contributed by atoms with Gasteiger partial charge in [-0.15, -0.1) is 0 Å². The van der Waals surface area contributed by atoms with Crippen LogP contribution in [0.15, 0.2) is 36.7 Å². The summed E-state index contributed by atoms with van der Waals surface area (Å²) in [6.07, 6.45) is 2.74. The fraction of sp³-hybridized carbons (Fsp3) is 0.421. The monoisotopic (exact) mass is 368 g/mol. The average molecular weight is 368 g/mol. The van der Waals surface area contributed by atoms with E-state index in [-0.39, 0.29) is 0 Å². The Morgan fingerprint density at radius 3 is 2.77 bits per heavy atom. The number of benzene rings is 1. The van der Waals surface area contributed by atoms with Crippen molar-refractivity contribution in [2.24, 2.45) is 5.92 Å². The van der Waals surface area contributed by atoms with Crippen LogP contribution in [0, 0.1) is 5.92 Å². The number of ether oxygens (including phenoxy) is 2. The zero-order valence-electron chi connectivity index (χ0n) is 14.4. The molecule has 6 nitrogen and oxygen atoms in total. The van der Waals surface area contributed by atoms with Crippen molar-refractivity contribution in [2.45, 2.75) is 12.5 Å². The largest absolute Gasteiger partial charge is 0.381 e. The zero-order chi connectivity index (χ0) is 17.3. The first-order valence-electron chi connectivity index (χ1n) is 9.00. The molecule has 0 saturated carbocycles. The van der Waals surface area contributed by atoms with Crippen molar-refractivity contribution in [1.29, 1.82) is 0 Å². The maximum Gasteiger partial charge on any atom is 0.152 e. The van der Waals surface area contributed by atoms with Crippen LogP contribution in [-0.2, 0) is 9.47 Å². The quantitative estimate of drug-likeness (QED) is 0.708. The number of hydrogen-bond donors (Lipinski definition) is 0. The normalized spacial score (nSPS) is 23.6. The molecule has 134 valence electrons. The van der Waals surface area contributed by atoms with Crippen LogP contribution in [0.5, 0.6) is 0 Å². The Bertz CT molecular complexity index is 895. The first-order valence-corrected chi connectivity index (χ1v) is 9.77. The first kappa shape index (κ1) is 16.1. The summed E-state index contributed by atoms with van der Waals surface area (Å²) in [4.78, 5) is 11.6. The summed E-state index contributed by atoms with van der Waals surface area (Å²) < 4.78 is 17.2. The van der Waals surface area contributed by atoms with Crippen LogP contribution in [0.2, 0.25) is 0 Å². The molecule has 26 heavy (non-hydrogen) atoms. The molecular formula is C19H20N4O2S. The second-order valence-corrected chi connectivity index (χ2v) is 7.50. The molecular weight excluding hydrogens is 348 g/mol. The molecule has 0 N–H and O–H groups in total. The summed E-state index contributed by atoms with van der Waals surface area (Å²) in [6.45, 7) is 3.93. The highest BCUT2D eigenvalue weighted by molar-refractivity contribution is 7.14. The average Bonchev–Trinajstić information content (AvgIpc) is 3.38. The molecule has 0 amide bonds. The van der Waals surface area contributed by atoms with E-state index in [2.05, 4.69) is 27.0 Å². The molecule has 7 heteroatoms. The van der Waals surface area contributed by atoms with E-state index in [0.717, 1.165) is 66.7 Å². The van der Waals surface area contributed by atoms with Crippen molar-refractivity contribution in [3.63, 3.8) is 0 Å². The predicted octanol–water partition coefficient (Wildman–Crippen LogP) is 3.00. The van der Waals surface area contributed by atoms with Gasteiger partial charge in [0.05, 0.1) is 25.9 Å². The Balaban J connectivity index is 1.57. The maximum atomic E-state index is 5.78. The van der Waals surface area contributed by atoms with Crippen molar-refractivity contribution in [2.75, 3.05) is 37.9 Å². The van der Waals surface area contributed by atoms with Gasteiger partial charge >= 0.3 is 0 Å². The topological polar surface area (TPSA) is 60.4 Å². The molecule has 2 fully saturated rings. The lowest BCUT2D eigenvalue weighted by atomic mass is 9.97. The number of fused-ring (bicyclic) bond motifs is 1. The lowest BCUT2D eigenvalue weighted by Gasteiger charge is -2.39. The molecule has 0 bridgehead atoms. The highest BCUT2D eigenvalue weighted by atomic mass is 32.1. The summed E-state index contributed by atoms with van der Waals surface area (Å²) in [5, 5.41) is 0. The Morgan fingerprint density at radius 2 is 1.92 bits per heavy atom. The van der Waals surface area contributed by atoms with E-state index in [1.165, 1.54) is 11.5 Å². The van der Waals surface area contributed by atoms with Gasteiger partial charge in [0.1, 0.15) is 22.2 Å². The SMILES string of the molecule is c1ccc(-c2nsc3c(N4CCOCC4C4CCOC4)ncnc23)cc1. The third-order valence-electron chi connectivity index (χ3n) is 5.23. The number of anilines is 1. The van der Waals surface area contributed by atoms with E-state index in [4.69, 9.17) is 13.8 Å². The first-order chi connectivity index (χ1) is 12.9. The molecule has 3 aromatic rings. The van der Waals surface area contributed by atoms with E-state index in [9.17, 15) is 0 Å². The minimum Gasteiger partial charge on any atom is -0.381 e. The van der Waals surface area contributed by atoms with Gasteiger partial charge in [-0.05, 0) is 18.0 Å². The summed E-state index contributed by atoms with van der Waals surface area (Å²) in [5.74, 6) is 1.47. The van der Waals surface area contributed by atoms with Gasteiger partial charge in [0.25, 0.3) is 0 Å². The Kier molecular flexibility index (Phi) is 4.28. The fourth-order valence-electron chi connectivity index (χ4n) is 3.87. The van der Waals surface area contributed by atoms with Crippen LogP contribution in [-0.4, -0.2) is 53.4 Å². The van der Waals surface area contributed by atoms with Crippen LogP contribution >= 0.6 is 11.5 Å². The molecule has 2 aliphatic rings. The summed E-state index contributed by atoms with van der Waals surface area (Å²) in [5.41, 5.74) is 2.95. The summed E-state index contributed by atoms with van der Waals surface area (Å²) >= 11 is 1.48. The number of morpholine rings is 1. The zero-order valence-corrected chi connectivity index (χ0v) is 15.2. The van der Waals surface area contributed by atoms with Gasteiger partial charge < -0.3 is 14.4 Å². The van der Waals surface area contributed by atoms with E-state index < -0.39 is 0 Å². The molecule has 0 aliphatic carbocycles. The molecule has 1 aromatic carbocycles. The van der Waals surface area contributed by atoms with Crippen LogP contribution in [0.1, 0.15) is 6.42 Å². The van der Waals surface area contributed by atoms with Gasteiger partial charge in [0, 0.05) is 24.6 Å². The Labute approximate surface area is 156 Å². The van der Waals surface area contributed by atoms with Gasteiger partial charge in [-0.25, -0.2) is 9.97 Å². The van der Waals surface area contributed by atoms with E-state index >= 15 is 0 Å². The predicted molar refractivity (Wildman–Crippen MR) is 102 cm³/mol.